The number of aryl methyl sites for hydroxylation is 1. The van der Waals surface area contributed by atoms with E-state index < -0.39 is 0 Å². The van der Waals surface area contributed by atoms with E-state index in [1.807, 2.05) is 6.07 Å². The maximum atomic E-state index is 8.63. The quantitative estimate of drug-likeness (QED) is 0.544. The van der Waals surface area contributed by atoms with Gasteiger partial charge in [0.1, 0.15) is 0 Å². The lowest BCUT2D eigenvalue weighted by atomic mass is 10.1. The number of hydrogen-bond acceptors (Lipinski definition) is 2. The summed E-state index contributed by atoms with van der Waals surface area (Å²) in [6.45, 7) is 6.95. The van der Waals surface area contributed by atoms with Crippen molar-refractivity contribution in [2.24, 2.45) is 0 Å². The van der Waals surface area contributed by atoms with E-state index in [4.69, 9.17) is 17.4 Å². The molecule has 0 aliphatic carbocycles. The largest absolute Gasteiger partial charge is 0.400 e. The molecule has 0 bridgehead atoms. The molecule has 3 heteroatoms. The van der Waals surface area contributed by atoms with Crippen LogP contribution in [0.3, 0.4) is 0 Å². The maximum absolute atomic E-state index is 8.63. The van der Waals surface area contributed by atoms with Crippen molar-refractivity contribution in [1.82, 2.24) is 0 Å². The van der Waals surface area contributed by atoms with E-state index in [0.717, 1.165) is 12.0 Å². The lowest BCUT2D eigenvalue weighted by Gasteiger charge is -2.04. The molecule has 0 amide bonds. The first-order chi connectivity index (χ1) is 6.27. The Morgan fingerprint density at radius 1 is 1.46 bits per heavy atom. The van der Waals surface area contributed by atoms with Crippen LogP contribution in [-0.2, 0) is 6.42 Å². The Morgan fingerprint density at radius 2 is 2.23 bits per heavy atom. The van der Waals surface area contributed by atoms with Gasteiger partial charge in [0.05, 0.1) is 6.57 Å². The summed E-state index contributed by atoms with van der Waals surface area (Å²) in [4.78, 5) is 3.27. The number of aliphatic hydroxyl groups excluding tert-OH is 1. The fourth-order valence-corrected chi connectivity index (χ4v) is 1.15. The van der Waals surface area contributed by atoms with Crippen molar-refractivity contribution < 1.29 is 5.11 Å². The molecule has 3 nitrogen and oxygen atoms in total. The molecule has 13 heavy (non-hydrogen) atoms. The lowest BCUT2D eigenvalue weighted by Crippen LogP contribution is -1.95. The zero-order chi connectivity index (χ0) is 9.68. The molecule has 0 saturated heterocycles. The number of aliphatic hydroxyl groups is 1. The monoisotopic (exact) mass is 176 g/mol. The van der Waals surface area contributed by atoms with E-state index in [9.17, 15) is 0 Å². The first-order valence-corrected chi connectivity index (χ1v) is 4.14. The standard InChI is InChI=1S/C10H12N2O/c1-12-9-5-4-8(3-2-6-13)10(11)7-9/h4-5,7,13H,2-3,6,11H2. The highest BCUT2D eigenvalue weighted by Gasteiger charge is 1.99. The number of benzene rings is 1. The minimum atomic E-state index is 0.171. The molecule has 68 valence electrons. The van der Waals surface area contributed by atoms with Crippen LogP contribution in [0.15, 0.2) is 18.2 Å². The molecule has 0 aliphatic heterocycles. The highest BCUT2D eigenvalue weighted by atomic mass is 16.2. The van der Waals surface area contributed by atoms with Crippen molar-refractivity contribution >= 4 is 11.4 Å². The van der Waals surface area contributed by atoms with Crippen molar-refractivity contribution in [3.05, 3.63) is 35.2 Å². The lowest BCUT2D eigenvalue weighted by molar-refractivity contribution is 0.288. The highest BCUT2D eigenvalue weighted by Crippen LogP contribution is 2.21. The second-order valence-corrected chi connectivity index (χ2v) is 2.82. The van der Waals surface area contributed by atoms with E-state index >= 15 is 0 Å². The highest BCUT2D eigenvalue weighted by molar-refractivity contribution is 5.59. The summed E-state index contributed by atoms with van der Waals surface area (Å²) in [6, 6.07) is 5.26. The first kappa shape index (κ1) is 9.56. The van der Waals surface area contributed by atoms with Crippen molar-refractivity contribution in [2.45, 2.75) is 12.8 Å². The van der Waals surface area contributed by atoms with Crippen molar-refractivity contribution in [1.29, 1.82) is 0 Å². The number of nitrogens with two attached hydrogens (primary N) is 1. The van der Waals surface area contributed by atoms with Crippen LogP contribution in [0.4, 0.5) is 11.4 Å². The van der Waals surface area contributed by atoms with Crippen molar-refractivity contribution in [2.75, 3.05) is 12.3 Å². The molecule has 0 aliphatic rings. The van der Waals surface area contributed by atoms with Gasteiger partial charge in [0.15, 0.2) is 5.69 Å². The van der Waals surface area contributed by atoms with Gasteiger partial charge in [0.2, 0.25) is 0 Å². The van der Waals surface area contributed by atoms with Gasteiger partial charge in [-0.2, -0.15) is 0 Å². The van der Waals surface area contributed by atoms with Gasteiger partial charge in [-0.05, 0) is 24.5 Å². The first-order valence-electron chi connectivity index (χ1n) is 4.14. The second-order valence-electron chi connectivity index (χ2n) is 2.82. The third-order valence-corrected chi connectivity index (χ3v) is 1.86. The molecule has 1 rings (SSSR count). The minimum Gasteiger partial charge on any atom is -0.400 e. The Hall–Kier alpha value is -1.53. The van der Waals surface area contributed by atoms with E-state index in [1.165, 1.54) is 0 Å². The molecule has 0 heterocycles. The van der Waals surface area contributed by atoms with Crippen LogP contribution < -0.4 is 5.73 Å². The molecule has 0 aromatic heterocycles. The maximum Gasteiger partial charge on any atom is 0.189 e. The van der Waals surface area contributed by atoms with Crippen LogP contribution in [0, 0.1) is 6.57 Å². The second kappa shape index (κ2) is 4.48. The number of rotatable bonds is 3. The van der Waals surface area contributed by atoms with Gasteiger partial charge < -0.3 is 10.8 Å². The third-order valence-electron chi connectivity index (χ3n) is 1.86. The molecule has 0 atom stereocenters. The molecule has 1 aromatic carbocycles. The van der Waals surface area contributed by atoms with Crippen molar-refractivity contribution in [3.8, 4) is 0 Å². The number of nitrogens with zero attached hydrogens (tertiary/aromatic N) is 1. The molecule has 0 fully saturated rings. The SMILES string of the molecule is [C-]#[N+]c1ccc(CCCO)c(N)c1. The molecule has 0 unspecified atom stereocenters. The predicted octanol–water partition coefficient (Wildman–Crippen LogP) is 1.74. The number of hydrogen-bond donors (Lipinski definition) is 2. The smallest absolute Gasteiger partial charge is 0.189 e. The Labute approximate surface area is 77.6 Å². The fraction of sp³-hybridized carbons (Fsp3) is 0.300. The van der Waals surface area contributed by atoms with Crippen LogP contribution in [0.2, 0.25) is 0 Å². The predicted molar refractivity (Wildman–Crippen MR) is 52.5 cm³/mol. The minimum absolute atomic E-state index is 0.171. The van der Waals surface area contributed by atoms with E-state index in [-0.39, 0.29) is 6.61 Å². The molecular formula is C10H12N2O. The average Bonchev–Trinajstić information content (AvgIpc) is 2.16. The van der Waals surface area contributed by atoms with Crippen LogP contribution in [0.1, 0.15) is 12.0 Å². The van der Waals surface area contributed by atoms with Crippen LogP contribution >= 0.6 is 0 Å². The Bertz CT molecular complexity index is 328. The zero-order valence-electron chi connectivity index (χ0n) is 7.33. The third kappa shape index (κ3) is 2.46. The summed E-state index contributed by atoms with van der Waals surface area (Å²) in [5, 5.41) is 8.63. The molecule has 3 N–H and O–H groups in total. The van der Waals surface area contributed by atoms with Gasteiger partial charge in [0.25, 0.3) is 0 Å². The molecule has 1 aromatic rings. The summed E-state index contributed by atoms with van der Waals surface area (Å²) in [5.41, 5.74) is 7.92. The molecule has 0 saturated carbocycles. The van der Waals surface area contributed by atoms with Crippen LogP contribution in [-0.4, -0.2) is 11.7 Å². The number of nitrogen functional groups attached to an aromatic ring is 1. The van der Waals surface area contributed by atoms with Gasteiger partial charge in [-0.3, -0.25) is 0 Å². The zero-order valence-corrected chi connectivity index (χ0v) is 7.33. The summed E-state index contributed by atoms with van der Waals surface area (Å²) >= 11 is 0. The average molecular weight is 176 g/mol. The van der Waals surface area contributed by atoms with Crippen molar-refractivity contribution in [3.63, 3.8) is 0 Å². The van der Waals surface area contributed by atoms with Gasteiger partial charge in [-0.25, -0.2) is 4.85 Å². The Balaban J connectivity index is 2.81. The molecule has 0 spiro atoms. The van der Waals surface area contributed by atoms with Gasteiger partial charge in [-0.1, -0.05) is 12.1 Å². The van der Waals surface area contributed by atoms with Crippen LogP contribution in [0.5, 0.6) is 0 Å². The van der Waals surface area contributed by atoms with Gasteiger partial charge >= 0.3 is 0 Å². The van der Waals surface area contributed by atoms with E-state index in [2.05, 4.69) is 4.85 Å². The van der Waals surface area contributed by atoms with E-state index in [0.29, 0.717) is 17.8 Å². The molecule has 0 radical (unpaired) electrons. The normalized spacial score (nSPS) is 9.54. The van der Waals surface area contributed by atoms with E-state index in [1.54, 1.807) is 12.1 Å². The summed E-state index contributed by atoms with van der Waals surface area (Å²) in [7, 11) is 0. The van der Waals surface area contributed by atoms with Crippen LogP contribution in [0.25, 0.3) is 4.85 Å². The molecular weight excluding hydrogens is 164 g/mol. The summed E-state index contributed by atoms with van der Waals surface area (Å²) < 4.78 is 0. The summed E-state index contributed by atoms with van der Waals surface area (Å²) in [6.07, 6.45) is 1.47. The van der Waals surface area contributed by atoms with Gasteiger partial charge in [-0.15, -0.1) is 0 Å². The summed E-state index contributed by atoms with van der Waals surface area (Å²) in [5.74, 6) is 0. The fourth-order valence-electron chi connectivity index (χ4n) is 1.15. The Kier molecular flexibility index (Phi) is 3.30. The Morgan fingerprint density at radius 3 is 2.77 bits per heavy atom. The number of anilines is 1. The topological polar surface area (TPSA) is 50.6 Å². The van der Waals surface area contributed by atoms with Gasteiger partial charge in [0, 0.05) is 12.3 Å².